The highest BCUT2D eigenvalue weighted by Gasteiger charge is 2.23. The summed E-state index contributed by atoms with van der Waals surface area (Å²) in [5.41, 5.74) is 7.17. The molecule has 88 valence electrons. The summed E-state index contributed by atoms with van der Waals surface area (Å²) >= 11 is 5.74. The van der Waals surface area contributed by atoms with Crippen LogP contribution in [0.25, 0.3) is 0 Å². The minimum absolute atomic E-state index is 0.294. The van der Waals surface area contributed by atoms with Gasteiger partial charge in [0.25, 0.3) is 0 Å². The van der Waals surface area contributed by atoms with E-state index in [9.17, 15) is 0 Å². The van der Waals surface area contributed by atoms with Gasteiger partial charge in [0.1, 0.15) is 0 Å². The Labute approximate surface area is 101 Å². The number of halogens is 1. The first-order chi connectivity index (χ1) is 7.70. The van der Waals surface area contributed by atoms with E-state index in [0.29, 0.717) is 16.9 Å². The molecule has 1 aromatic heterocycles. The quantitative estimate of drug-likeness (QED) is 0.875. The maximum atomic E-state index is 5.74. The first kappa shape index (κ1) is 11.6. The molecule has 2 N–H and O–H groups in total. The van der Waals surface area contributed by atoms with Crippen molar-refractivity contribution in [2.45, 2.75) is 32.2 Å². The van der Waals surface area contributed by atoms with Gasteiger partial charge in [-0.2, -0.15) is 5.10 Å². The highest BCUT2D eigenvalue weighted by atomic mass is 35.5. The fourth-order valence-electron chi connectivity index (χ4n) is 2.32. The highest BCUT2D eigenvalue weighted by molar-refractivity contribution is 6.31. The molecule has 0 spiro atoms. The van der Waals surface area contributed by atoms with Crippen LogP contribution in [0.3, 0.4) is 0 Å². The molecule has 2 rings (SSSR count). The molecule has 0 radical (unpaired) electrons. The smallest absolute Gasteiger partial charge is 0.174 e. The molecule has 0 bridgehead atoms. The number of hydrogen-bond donors (Lipinski definition) is 1. The van der Waals surface area contributed by atoms with E-state index in [-0.39, 0.29) is 0 Å². The summed E-state index contributed by atoms with van der Waals surface area (Å²) in [6.45, 7) is 4.49. The zero-order chi connectivity index (χ0) is 11.5. The molecule has 0 aliphatic carbocycles. The zero-order valence-electron chi connectivity index (χ0n) is 9.49. The van der Waals surface area contributed by atoms with E-state index in [0.717, 1.165) is 18.7 Å². The minimum atomic E-state index is 0.294. The van der Waals surface area contributed by atoms with E-state index < -0.39 is 0 Å². The number of rotatable bonds is 3. The number of anilines is 1. The molecule has 1 saturated heterocycles. The number of nitrogens with two attached hydrogens (primary N) is 1. The molecular weight excluding hydrogens is 224 g/mol. The Kier molecular flexibility index (Phi) is 3.61. The van der Waals surface area contributed by atoms with Crippen molar-refractivity contribution >= 4 is 17.3 Å². The molecule has 4 nitrogen and oxygen atoms in total. The average molecular weight is 241 g/mol. The first-order valence-corrected chi connectivity index (χ1v) is 6.10. The van der Waals surface area contributed by atoms with Gasteiger partial charge in [0, 0.05) is 12.5 Å². The van der Waals surface area contributed by atoms with Crippen LogP contribution in [-0.2, 0) is 6.42 Å². The number of aromatic nitrogens is 2. The topological polar surface area (TPSA) is 55.0 Å². The van der Waals surface area contributed by atoms with Gasteiger partial charge in [-0.1, -0.05) is 18.5 Å². The Hall–Kier alpha value is -0.870. The lowest BCUT2D eigenvalue weighted by Crippen LogP contribution is -2.31. The molecule has 1 aliphatic heterocycles. The third kappa shape index (κ3) is 2.44. The second-order valence-electron chi connectivity index (χ2n) is 4.21. The van der Waals surface area contributed by atoms with Crippen LogP contribution in [-0.4, -0.2) is 34.2 Å². The van der Waals surface area contributed by atoms with Crippen LogP contribution in [0.1, 0.15) is 25.5 Å². The van der Waals surface area contributed by atoms with E-state index in [1.807, 2.05) is 6.07 Å². The van der Waals surface area contributed by atoms with Crippen LogP contribution in [0.4, 0.5) is 5.69 Å². The van der Waals surface area contributed by atoms with Gasteiger partial charge >= 0.3 is 0 Å². The molecule has 1 unspecified atom stereocenters. The third-order valence-electron chi connectivity index (χ3n) is 3.18. The monoisotopic (exact) mass is 240 g/mol. The Morgan fingerprint density at radius 3 is 3.06 bits per heavy atom. The van der Waals surface area contributed by atoms with Crippen molar-refractivity contribution in [2.75, 3.05) is 18.8 Å². The molecule has 0 aromatic carbocycles. The summed E-state index contributed by atoms with van der Waals surface area (Å²) in [7, 11) is 0. The van der Waals surface area contributed by atoms with Crippen molar-refractivity contribution in [1.82, 2.24) is 15.1 Å². The lowest BCUT2D eigenvalue weighted by Gasteiger charge is -2.22. The van der Waals surface area contributed by atoms with Crippen LogP contribution < -0.4 is 5.73 Å². The van der Waals surface area contributed by atoms with Gasteiger partial charge in [0.2, 0.25) is 0 Å². The Bertz CT molecular complexity index is 369. The Balaban J connectivity index is 2.05. The van der Waals surface area contributed by atoms with Crippen molar-refractivity contribution in [3.05, 3.63) is 16.9 Å². The van der Waals surface area contributed by atoms with Crippen molar-refractivity contribution in [2.24, 2.45) is 0 Å². The van der Waals surface area contributed by atoms with Crippen molar-refractivity contribution in [3.8, 4) is 0 Å². The fraction of sp³-hybridized carbons (Fsp3) is 0.636. The number of hydrogen-bond acceptors (Lipinski definition) is 4. The van der Waals surface area contributed by atoms with E-state index in [1.165, 1.54) is 19.4 Å². The van der Waals surface area contributed by atoms with Crippen LogP contribution in [0, 0.1) is 0 Å². The molecule has 0 amide bonds. The zero-order valence-corrected chi connectivity index (χ0v) is 10.2. The summed E-state index contributed by atoms with van der Waals surface area (Å²) in [5.74, 6) is 0. The molecule has 5 heteroatoms. The summed E-state index contributed by atoms with van der Waals surface area (Å²) in [6, 6.07) is 2.42. The fourth-order valence-corrected chi connectivity index (χ4v) is 2.41. The molecule has 1 atom stereocenters. The molecular formula is C11H17ClN4. The average Bonchev–Trinajstić information content (AvgIpc) is 2.71. The van der Waals surface area contributed by atoms with Gasteiger partial charge in [-0.25, -0.2) is 0 Å². The number of nitrogens with zero attached hydrogens (tertiary/aromatic N) is 3. The van der Waals surface area contributed by atoms with Gasteiger partial charge in [-0.05, 0) is 32.0 Å². The van der Waals surface area contributed by atoms with Crippen LogP contribution in [0.15, 0.2) is 6.07 Å². The summed E-state index contributed by atoms with van der Waals surface area (Å²) in [4.78, 5) is 2.48. The second kappa shape index (κ2) is 4.97. The SMILES string of the molecule is CCN1CCCC1Cc1cc(N)c(Cl)nn1. The van der Waals surface area contributed by atoms with Gasteiger partial charge in [-0.3, -0.25) is 0 Å². The number of likely N-dealkylation sites (N-methyl/N-ethyl adjacent to an activating group) is 1. The Morgan fingerprint density at radius 2 is 2.38 bits per heavy atom. The minimum Gasteiger partial charge on any atom is -0.396 e. The third-order valence-corrected chi connectivity index (χ3v) is 3.47. The van der Waals surface area contributed by atoms with E-state index in [4.69, 9.17) is 17.3 Å². The molecule has 0 saturated carbocycles. The second-order valence-corrected chi connectivity index (χ2v) is 4.57. The first-order valence-electron chi connectivity index (χ1n) is 5.72. The molecule has 1 aliphatic rings. The predicted molar refractivity (Wildman–Crippen MR) is 65.4 cm³/mol. The normalized spacial score (nSPS) is 21.5. The van der Waals surface area contributed by atoms with Gasteiger partial charge in [0.05, 0.1) is 11.4 Å². The summed E-state index contributed by atoms with van der Waals surface area (Å²) < 4.78 is 0. The summed E-state index contributed by atoms with van der Waals surface area (Å²) in [5, 5.41) is 8.22. The molecule has 16 heavy (non-hydrogen) atoms. The maximum absolute atomic E-state index is 5.74. The number of nitrogen functional groups attached to an aromatic ring is 1. The summed E-state index contributed by atoms with van der Waals surface area (Å²) in [6.07, 6.45) is 3.43. The molecule has 2 heterocycles. The molecule has 1 fully saturated rings. The van der Waals surface area contributed by atoms with Gasteiger partial charge in [0.15, 0.2) is 5.15 Å². The lowest BCUT2D eigenvalue weighted by atomic mass is 10.1. The van der Waals surface area contributed by atoms with Crippen molar-refractivity contribution in [1.29, 1.82) is 0 Å². The number of likely N-dealkylation sites (tertiary alicyclic amines) is 1. The highest BCUT2D eigenvalue weighted by Crippen LogP contribution is 2.21. The van der Waals surface area contributed by atoms with Crippen molar-refractivity contribution in [3.63, 3.8) is 0 Å². The van der Waals surface area contributed by atoms with Crippen LogP contribution in [0.2, 0.25) is 5.15 Å². The standard InChI is InChI=1S/C11H17ClN4/c1-2-16-5-3-4-9(16)6-8-7-10(13)11(12)15-14-8/h7,9H,2-6H2,1H3,(H2,13,14). The van der Waals surface area contributed by atoms with E-state index in [2.05, 4.69) is 22.0 Å². The predicted octanol–water partition coefficient (Wildman–Crippen LogP) is 1.74. The van der Waals surface area contributed by atoms with Gasteiger partial charge < -0.3 is 10.6 Å². The van der Waals surface area contributed by atoms with E-state index in [1.54, 1.807) is 0 Å². The van der Waals surface area contributed by atoms with Gasteiger partial charge in [-0.15, -0.1) is 5.10 Å². The van der Waals surface area contributed by atoms with Crippen molar-refractivity contribution < 1.29 is 0 Å². The van der Waals surface area contributed by atoms with E-state index >= 15 is 0 Å². The lowest BCUT2D eigenvalue weighted by molar-refractivity contribution is 0.264. The molecule has 1 aromatic rings. The maximum Gasteiger partial charge on any atom is 0.174 e. The van der Waals surface area contributed by atoms with Crippen LogP contribution in [0.5, 0.6) is 0 Å². The largest absolute Gasteiger partial charge is 0.396 e. The Morgan fingerprint density at radius 1 is 1.56 bits per heavy atom. The van der Waals surface area contributed by atoms with Crippen LogP contribution >= 0.6 is 11.6 Å².